The molecule has 1 heterocycles. The van der Waals surface area contributed by atoms with E-state index in [2.05, 4.69) is 0 Å². The molecule has 1 aromatic carbocycles. The smallest absolute Gasteiger partial charge is 0.308 e. The highest BCUT2D eigenvalue weighted by Crippen LogP contribution is 2.22. The van der Waals surface area contributed by atoms with Crippen LogP contribution in [0.15, 0.2) is 18.2 Å². The largest absolute Gasteiger partial charge is 0.481 e. The van der Waals surface area contributed by atoms with Crippen LogP contribution in [-0.2, 0) is 16.1 Å². The van der Waals surface area contributed by atoms with Crippen molar-refractivity contribution in [3.8, 4) is 0 Å². The molecule has 21 heavy (non-hydrogen) atoms. The average molecular weight is 296 g/mol. The Morgan fingerprint density at radius 3 is 2.81 bits per heavy atom. The standard InChI is InChI=1S/C13H13FN2O5/c14-10-5-8(1-3-11(10)16(20)21)6-15-7-9(13(18)19)2-4-12(15)17/h1,3,5,9H,2,4,6-7H2,(H,18,19). The van der Waals surface area contributed by atoms with Crippen molar-refractivity contribution in [3.63, 3.8) is 0 Å². The molecule has 1 aliphatic rings. The van der Waals surface area contributed by atoms with Crippen LogP contribution in [0.4, 0.5) is 10.1 Å². The van der Waals surface area contributed by atoms with Crippen molar-refractivity contribution < 1.29 is 24.0 Å². The number of likely N-dealkylation sites (tertiary alicyclic amines) is 1. The molecule has 0 aromatic heterocycles. The Kier molecular flexibility index (Phi) is 4.15. The van der Waals surface area contributed by atoms with Crippen molar-refractivity contribution in [1.29, 1.82) is 0 Å². The lowest BCUT2D eigenvalue weighted by Gasteiger charge is -2.30. The molecular weight excluding hydrogens is 283 g/mol. The van der Waals surface area contributed by atoms with Crippen LogP contribution in [-0.4, -0.2) is 33.4 Å². The van der Waals surface area contributed by atoms with Gasteiger partial charge in [-0.2, -0.15) is 4.39 Å². The summed E-state index contributed by atoms with van der Waals surface area (Å²) < 4.78 is 13.5. The van der Waals surface area contributed by atoms with Crippen LogP contribution in [0.25, 0.3) is 0 Å². The second kappa shape index (κ2) is 5.86. The zero-order valence-electron chi connectivity index (χ0n) is 11.0. The highest BCUT2D eigenvalue weighted by atomic mass is 19.1. The monoisotopic (exact) mass is 296 g/mol. The van der Waals surface area contributed by atoms with Crippen molar-refractivity contribution in [2.75, 3.05) is 6.54 Å². The van der Waals surface area contributed by atoms with Crippen LogP contribution in [0.3, 0.4) is 0 Å². The molecule has 7 nitrogen and oxygen atoms in total. The lowest BCUT2D eigenvalue weighted by atomic mass is 9.97. The maximum atomic E-state index is 13.5. The van der Waals surface area contributed by atoms with Crippen molar-refractivity contribution >= 4 is 17.6 Å². The summed E-state index contributed by atoms with van der Waals surface area (Å²) in [6, 6.07) is 3.39. The van der Waals surface area contributed by atoms with E-state index >= 15 is 0 Å². The first-order valence-electron chi connectivity index (χ1n) is 6.32. The second-order valence-corrected chi connectivity index (χ2v) is 4.89. The Morgan fingerprint density at radius 1 is 1.52 bits per heavy atom. The molecule has 1 aliphatic heterocycles. The first kappa shape index (κ1) is 14.9. The number of aliphatic carboxylic acids is 1. The van der Waals surface area contributed by atoms with Gasteiger partial charge in [0.25, 0.3) is 0 Å². The first-order valence-corrected chi connectivity index (χ1v) is 6.32. The third-order valence-electron chi connectivity index (χ3n) is 3.43. The van der Waals surface area contributed by atoms with Gasteiger partial charge in [-0.05, 0) is 18.1 Å². The molecular formula is C13H13FN2O5. The number of nitro benzene ring substituents is 1. The Bertz CT molecular complexity index is 604. The van der Waals surface area contributed by atoms with Crippen molar-refractivity contribution in [3.05, 3.63) is 39.7 Å². The van der Waals surface area contributed by atoms with Gasteiger partial charge in [-0.15, -0.1) is 0 Å². The van der Waals surface area contributed by atoms with Crippen LogP contribution in [0, 0.1) is 21.8 Å². The molecule has 8 heteroatoms. The van der Waals surface area contributed by atoms with Gasteiger partial charge in [-0.3, -0.25) is 19.7 Å². The maximum Gasteiger partial charge on any atom is 0.308 e. The number of carbonyl (C=O) groups excluding carboxylic acids is 1. The molecule has 1 unspecified atom stereocenters. The number of nitrogens with zero attached hydrogens (tertiary/aromatic N) is 2. The summed E-state index contributed by atoms with van der Waals surface area (Å²) in [7, 11) is 0. The van der Waals surface area contributed by atoms with Crippen LogP contribution >= 0.6 is 0 Å². The predicted octanol–water partition coefficient (Wildman–Crippen LogP) is 1.56. The molecule has 1 amide bonds. The average Bonchev–Trinajstić information content (AvgIpc) is 2.40. The van der Waals surface area contributed by atoms with Gasteiger partial charge in [0.15, 0.2) is 0 Å². The second-order valence-electron chi connectivity index (χ2n) is 4.89. The molecule has 0 saturated carbocycles. The van der Waals surface area contributed by atoms with Crippen molar-refractivity contribution in [1.82, 2.24) is 4.90 Å². The topological polar surface area (TPSA) is 101 Å². The third-order valence-corrected chi connectivity index (χ3v) is 3.43. The van der Waals surface area contributed by atoms with Gasteiger partial charge in [-0.25, -0.2) is 0 Å². The number of carboxylic acid groups (broad SMARTS) is 1. The molecule has 2 rings (SSSR count). The SMILES string of the molecule is O=C(O)C1CCC(=O)N(Cc2ccc([N+](=O)[O-])c(F)c2)C1. The summed E-state index contributed by atoms with van der Waals surface area (Å²) >= 11 is 0. The summed E-state index contributed by atoms with van der Waals surface area (Å²) in [5, 5.41) is 19.5. The summed E-state index contributed by atoms with van der Waals surface area (Å²) in [6.45, 7) is 0.101. The summed E-state index contributed by atoms with van der Waals surface area (Å²) in [5.74, 6) is -2.78. The molecule has 1 aromatic rings. The quantitative estimate of drug-likeness (QED) is 0.671. The molecule has 112 valence electrons. The van der Waals surface area contributed by atoms with Crippen LogP contribution in [0.5, 0.6) is 0 Å². The van der Waals surface area contributed by atoms with E-state index in [9.17, 15) is 24.1 Å². The fraction of sp³-hybridized carbons (Fsp3) is 0.385. The number of amides is 1. The number of nitro groups is 1. The summed E-state index contributed by atoms with van der Waals surface area (Å²) in [6.07, 6.45) is 0.422. The number of piperidine rings is 1. The Labute approximate surface area is 119 Å². The van der Waals surface area contributed by atoms with E-state index in [1.165, 1.54) is 11.0 Å². The number of rotatable bonds is 4. The maximum absolute atomic E-state index is 13.5. The Hall–Kier alpha value is -2.51. The molecule has 1 atom stereocenters. The van der Waals surface area contributed by atoms with Gasteiger partial charge >= 0.3 is 11.7 Å². The molecule has 1 fully saturated rings. The van der Waals surface area contributed by atoms with E-state index in [0.717, 1.165) is 12.1 Å². The highest BCUT2D eigenvalue weighted by molar-refractivity contribution is 5.80. The number of hydrogen-bond acceptors (Lipinski definition) is 4. The van der Waals surface area contributed by atoms with E-state index in [4.69, 9.17) is 5.11 Å². The normalized spacial score (nSPS) is 18.6. The van der Waals surface area contributed by atoms with Crippen LogP contribution in [0.1, 0.15) is 18.4 Å². The molecule has 0 radical (unpaired) electrons. The summed E-state index contributed by atoms with van der Waals surface area (Å²) in [5.41, 5.74) is -0.246. The Morgan fingerprint density at radius 2 is 2.24 bits per heavy atom. The van der Waals surface area contributed by atoms with Crippen LogP contribution < -0.4 is 0 Å². The molecule has 1 N–H and O–H groups in total. The highest BCUT2D eigenvalue weighted by Gasteiger charge is 2.30. The minimum absolute atomic E-state index is 0.0392. The van der Waals surface area contributed by atoms with E-state index in [-0.39, 0.29) is 25.4 Å². The van der Waals surface area contributed by atoms with E-state index in [1.807, 2.05) is 0 Å². The minimum Gasteiger partial charge on any atom is -0.481 e. The fourth-order valence-corrected chi connectivity index (χ4v) is 2.29. The lowest BCUT2D eigenvalue weighted by molar-refractivity contribution is -0.387. The fourth-order valence-electron chi connectivity index (χ4n) is 2.29. The Balaban J connectivity index is 2.13. The van der Waals surface area contributed by atoms with Gasteiger partial charge in [0.2, 0.25) is 11.7 Å². The van der Waals surface area contributed by atoms with Gasteiger partial charge in [0, 0.05) is 25.6 Å². The predicted molar refractivity (Wildman–Crippen MR) is 68.8 cm³/mol. The van der Waals surface area contributed by atoms with E-state index in [0.29, 0.717) is 12.0 Å². The first-order chi connectivity index (χ1) is 9.88. The zero-order valence-corrected chi connectivity index (χ0v) is 11.0. The number of carboxylic acids is 1. The number of halogens is 1. The van der Waals surface area contributed by atoms with E-state index in [1.54, 1.807) is 0 Å². The van der Waals surface area contributed by atoms with Crippen LogP contribution in [0.2, 0.25) is 0 Å². The van der Waals surface area contributed by atoms with Gasteiger partial charge < -0.3 is 10.0 Å². The lowest BCUT2D eigenvalue weighted by Crippen LogP contribution is -2.42. The number of hydrogen-bond donors (Lipinski definition) is 1. The van der Waals surface area contributed by atoms with Crippen molar-refractivity contribution in [2.45, 2.75) is 19.4 Å². The van der Waals surface area contributed by atoms with E-state index < -0.39 is 28.3 Å². The minimum atomic E-state index is -0.975. The summed E-state index contributed by atoms with van der Waals surface area (Å²) in [4.78, 5) is 33.8. The molecule has 0 bridgehead atoms. The number of benzene rings is 1. The van der Waals surface area contributed by atoms with Gasteiger partial charge in [0.05, 0.1) is 10.8 Å². The van der Waals surface area contributed by atoms with Gasteiger partial charge in [0.1, 0.15) is 0 Å². The molecule has 0 aliphatic carbocycles. The molecule has 1 saturated heterocycles. The van der Waals surface area contributed by atoms with Gasteiger partial charge in [-0.1, -0.05) is 6.07 Å². The van der Waals surface area contributed by atoms with Crippen molar-refractivity contribution in [2.24, 2.45) is 5.92 Å². The molecule has 0 spiro atoms. The zero-order chi connectivity index (χ0) is 15.6. The number of carbonyl (C=O) groups is 2. The third kappa shape index (κ3) is 3.33.